The topological polar surface area (TPSA) is 32.7 Å². The van der Waals surface area contributed by atoms with Gasteiger partial charge < -0.3 is 4.90 Å². The van der Waals surface area contributed by atoms with E-state index in [1.807, 2.05) is 11.0 Å². The molecule has 2 aliphatic rings. The number of rotatable bonds is 4. The number of likely N-dealkylation sites (tertiary alicyclic amines) is 1. The minimum absolute atomic E-state index is 0.138. The molecule has 106 valence electrons. The zero-order valence-electron chi connectivity index (χ0n) is 11.9. The van der Waals surface area contributed by atoms with Gasteiger partial charge in [-0.2, -0.15) is 0 Å². The van der Waals surface area contributed by atoms with Crippen molar-refractivity contribution >= 4 is 35.2 Å². The van der Waals surface area contributed by atoms with E-state index in [1.54, 1.807) is 0 Å². The molecule has 20 heavy (non-hydrogen) atoms. The van der Waals surface area contributed by atoms with Crippen molar-refractivity contribution in [1.29, 1.82) is 0 Å². The van der Waals surface area contributed by atoms with Gasteiger partial charge in [-0.3, -0.25) is 9.79 Å². The minimum atomic E-state index is 0.138. The second-order valence-corrected chi connectivity index (χ2v) is 6.98. The van der Waals surface area contributed by atoms with Crippen molar-refractivity contribution in [1.82, 2.24) is 4.90 Å². The summed E-state index contributed by atoms with van der Waals surface area (Å²) in [6, 6.07) is 1.88. The Balaban J connectivity index is 1.84. The molecule has 3 rings (SSSR count). The van der Waals surface area contributed by atoms with Crippen LogP contribution in [0, 0.1) is 11.8 Å². The van der Waals surface area contributed by atoms with Crippen LogP contribution in [0.2, 0.25) is 0 Å². The number of amides is 1. The fourth-order valence-electron chi connectivity index (χ4n) is 2.73. The molecule has 0 radical (unpaired) electrons. The first-order chi connectivity index (χ1) is 9.60. The SMILES string of the molecule is C=Nc1cc(C(=O)N2CC[C@H](C)C2)sc1C(=C)C1CC1. The van der Waals surface area contributed by atoms with Crippen LogP contribution in [0.3, 0.4) is 0 Å². The van der Waals surface area contributed by atoms with Crippen LogP contribution < -0.4 is 0 Å². The number of aliphatic imine (C=N–C) groups is 1. The third kappa shape index (κ3) is 2.44. The Labute approximate surface area is 124 Å². The third-order valence-electron chi connectivity index (χ3n) is 4.17. The lowest BCUT2D eigenvalue weighted by Gasteiger charge is -2.14. The monoisotopic (exact) mass is 288 g/mol. The Morgan fingerprint density at radius 3 is 2.75 bits per heavy atom. The molecule has 2 fully saturated rings. The lowest BCUT2D eigenvalue weighted by Crippen LogP contribution is -2.27. The van der Waals surface area contributed by atoms with E-state index in [2.05, 4.69) is 25.2 Å². The highest BCUT2D eigenvalue weighted by Crippen LogP contribution is 2.46. The van der Waals surface area contributed by atoms with Gasteiger partial charge in [-0.1, -0.05) is 13.5 Å². The van der Waals surface area contributed by atoms with Crippen molar-refractivity contribution in [3.05, 3.63) is 22.4 Å². The third-order valence-corrected chi connectivity index (χ3v) is 5.35. The van der Waals surface area contributed by atoms with E-state index in [0.717, 1.165) is 40.5 Å². The van der Waals surface area contributed by atoms with Gasteiger partial charge in [0.2, 0.25) is 0 Å². The van der Waals surface area contributed by atoms with Gasteiger partial charge in [-0.25, -0.2) is 0 Å². The molecular formula is C16H20N2OS. The predicted octanol–water partition coefficient (Wildman–Crippen LogP) is 3.99. The van der Waals surface area contributed by atoms with Crippen molar-refractivity contribution in [2.45, 2.75) is 26.2 Å². The molecule has 1 aliphatic heterocycles. The molecule has 0 bridgehead atoms. The van der Waals surface area contributed by atoms with Gasteiger partial charge in [-0.05, 0) is 49.5 Å². The number of hydrogen-bond acceptors (Lipinski definition) is 3. The minimum Gasteiger partial charge on any atom is -0.338 e. The molecule has 1 amide bonds. The summed E-state index contributed by atoms with van der Waals surface area (Å²) in [6.07, 6.45) is 3.52. The van der Waals surface area contributed by atoms with Crippen molar-refractivity contribution in [2.24, 2.45) is 16.8 Å². The second-order valence-electron chi connectivity index (χ2n) is 5.93. The van der Waals surface area contributed by atoms with Crippen molar-refractivity contribution in [3.8, 4) is 0 Å². The predicted molar refractivity (Wildman–Crippen MR) is 85.0 cm³/mol. The molecule has 0 aromatic carbocycles. The van der Waals surface area contributed by atoms with Crippen LogP contribution in [0.25, 0.3) is 5.57 Å². The van der Waals surface area contributed by atoms with E-state index in [9.17, 15) is 4.79 Å². The normalized spacial score (nSPS) is 22.1. The van der Waals surface area contributed by atoms with E-state index in [-0.39, 0.29) is 5.91 Å². The van der Waals surface area contributed by atoms with Crippen LogP contribution in [0.1, 0.15) is 40.7 Å². The summed E-state index contributed by atoms with van der Waals surface area (Å²) in [5.74, 6) is 1.33. The highest BCUT2D eigenvalue weighted by Gasteiger charge is 2.30. The summed E-state index contributed by atoms with van der Waals surface area (Å²) in [5.41, 5.74) is 1.95. The Morgan fingerprint density at radius 2 is 2.20 bits per heavy atom. The Kier molecular flexibility index (Phi) is 3.50. The first-order valence-electron chi connectivity index (χ1n) is 7.19. The molecule has 2 heterocycles. The molecule has 1 aromatic rings. The number of nitrogens with zero attached hydrogens (tertiary/aromatic N) is 2. The fourth-order valence-corrected chi connectivity index (χ4v) is 3.86. The molecule has 1 saturated carbocycles. The molecule has 1 aliphatic carbocycles. The van der Waals surface area contributed by atoms with E-state index in [4.69, 9.17) is 0 Å². The lowest BCUT2D eigenvalue weighted by molar-refractivity contribution is 0.0793. The smallest absolute Gasteiger partial charge is 0.264 e. The van der Waals surface area contributed by atoms with Gasteiger partial charge >= 0.3 is 0 Å². The maximum absolute atomic E-state index is 12.5. The summed E-state index contributed by atoms with van der Waals surface area (Å²) >= 11 is 1.53. The second kappa shape index (κ2) is 5.17. The largest absolute Gasteiger partial charge is 0.338 e. The number of allylic oxidation sites excluding steroid dienone is 1. The fraction of sp³-hybridized carbons (Fsp3) is 0.500. The van der Waals surface area contributed by atoms with Crippen LogP contribution in [0.5, 0.6) is 0 Å². The van der Waals surface area contributed by atoms with Gasteiger partial charge in [0.05, 0.1) is 15.4 Å². The van der Waals surface area contributed by atoms with Gasteiger partial charge in [0, 0.05) is 13.1 Å². The Morgan fingerprint density at radius 1 is 1.45 bits per heavy atom. The molecular weight excluding hydrogens is 268 g/mol. The van der Waals surface area contributed by atoms with Crippen molar-refractivity contribution < 1.29 is 4.79 Å². The molecule has 1 atom stereocenters. The van der Waals surface area contributed by atoms with Crippen molar-refractivity contribution in [3.63, 3.8) is 0 Å². The quantitative estimate of drug-likeness (QED) is 0.771. The van der Waals surface area contributed by atoms with Gasteiger partial charge in [-0.15, -0.1) is 11.3 Å². The zero-order chi connectivity index (χ0) is 14.3. The maximum Gasteiger partial charge on any atom is 0.264 e. The van der Waals surface area contributed by atoms with E-state index < -0.39 is 0 Å². The highest BCUT2D eigenvalue weighted by atomic mass is 32.1. The first kappa shape index (κ1) is 13.6. The average molecular weight is 288 g/mol. The van der Waals surface area contributed by atoms with Gasteiger partial charge in [0.1, 0.15) is 0 Å². The lowest BCUT2D eigenvalue weighted by atomic mass is 10.1. The number of hydrogen-bond donors (Lipinski definition) is 0. The number of carbonyl (C=O) groups is 1. The van der Waals surface area contributed by atoms with Crippen LogP contribution in [0.15, 0.2) is 17.6 Å². The molecule has 0 spiro atoms. The zero-order valence-corrected chi connectivity index (χ0v) is 12.7. The molecule has 1 saturated heterocycles. The average Bonchev–Trinajstić information content (AvgIpc) is 3.06. The van der Waals surface area contributed by atoms with Crippen molar-refractivity contribution in [2.75, 3.05) is 13.1 Å². The van der Waals surface area contributed by atoms with Gasteiger partial charge in [0.25, 0.3) is 5.91 Å². The van der Waals surface area contributed by atoms with E-state index in [1.165, 1.54) is 24.2 Å². The Bertz CT molecular complexity index is 571. The standard InChI is InChI=1S/C16H20N2OS/c1-10-6-7-18(9-10)16(19)14-8-13(17-3)15(20-14)11(2)12-4-5-12/h8,10,12H,2-7,9H2,1H3/t10-/m0/s1. The van der Waals surface area contributed by atoms with Gasteiger partial charge in [0.15, 0.2) is 0 Å². The van der Waals surface area contributed by atoms with Crippen LogP contribution in [0.4, 0.5) is 5.69 Å². The van der Waals surface area contributed by atoms with E-state index >= 15 is 0 Å². The summed E-state index contributed by atoms with van der Waals surface area (Å²) in [4.78, 5) is 20.4. The summed E-state index contributed by atoms with van der Waals surface area (Å²) in [7, 11) is 0. The maximum atomic E-state index is 12.5. The molecule has 0 unspecified atom stereocenters. The highest BCUT2D eigenvalue weighted by molar-refractivity contribution is 7.15. The molecule has 1 aromatic heterocycles. The molecule has 0 N–H and O–H groups in total. The molecule has 4 heteroatoms. The van der Waals surface area contributed by atoms with Crippen LogP contribution in [-0.4, -0.2) is 30.6 Å². The van der Waals surface area contributed by atoms with Crippen LogP contribution in [-0.2, 0) is 0 Å². The molecule has 3 nitrogen and oxygen atoms in total. The summed E-state index contributed by atoms with van der Waals surface area (Å²) < 4.78 is 0. The number of carbonyl (C=O) groups excluding carboxylic acids is 1. The Hall–Kier alpha value is -1.42. The summed E-state index contributed by atoms with van der Waals surface area (Å²) in [6.45, 7) is 11.7. The first-order valence-corrected chi connectivity index (χ1v) is 8.00. The van der Waals surface area contributed by atoms with E-state index in [0.29, 0.717) is 11.8 Å². The number of thiophene rings is 1. The van der Waals surface area contributed by atoms with Crippen LogP contribution >= 0.6 is 11.3 Å². The summed E-state index contributed by atoms with van der Waals surface area (Å²) in [5, 5.41) is 0.